The molecule has 404 valence electrons. The first-order chi connectivity index (χ1) is 42.6. The fourth-order valence-corrected chi connectivity index (χ4v) is 11.2. The molecule has 16 aromatic rings. The Labute approximate surface area is 496 Å². The summed E-state index contributed by atoms with van der Waals surface area (Å²) in [4.78, 5) is 24.8. The van der Waals surface area contributed by atoms with E-state index in [4.69, 9.17) is 33.8 Å². The summed E-state index contributed by atoms with van der Waals surface area (Å²) < 4.78 is 12.3. The fourth-order valence-electron chi connectivity index (χ4n) is 11.2. The van der Waals surface area contributed by atoms with E-state index < -0.39 is 0 Å². The van der Waals surface area contributed by atoms with Gasteiger partial charge < -0.3 is 8.83 Å². The van der Waals surface area contributed by atoms with Gasteiger partial charge in [0.1, 0.15) is 22.3 Å². The lowest BCUT2D eigenvalue weighted by Crippen LogP contribution is -2.00. The third kappa shape index (κ3) is 10.4. The van der Waals surface area contributed by atoms with Crippen LogP contribution < -0.4 is 0 Å². The zero-order valence-electron chi connectivity index (χ0n) is 46.5. The second kappa shape index (κ2) is 22.6. The molecule has 0 saturated carbocycles. The van der Waals surface area contributed by atoms with E-state index in [-0.39, 0.29) is 0 Å². The minimum Gasteiger partial charge on any atom is -0.456 e. The van der Waals surface area contributed by atoms with E-state index >= 15 is 0 Å². The van der Waals surface area contributed by atoms with Crippen LogP contribution in [0.4, 0.5) is 0 Å². The van der Waals surface area contributed by atoms with Crippen molar-refractivity contribution in [2.45, 2.75) is 0 Å². The summed E-state index contributed by atoms with van der Waals surface area (Å²) in [5, 5.41) is 4.53. The van der Waals surface area contributed by atoms with Gasteiger partial charge in [0.05, 0.1) is 11.4 Å². The Bertz CT molecular complexity index is 4730. The Hall–Kier alpha value is -11.7. The van der Waals surface area contributed by atoms with Crippen LogP contribution in [0.15, 0.2) is 318 Å². The fraction of sp³-hybridized carbons (Fsp3) is 0. The highest BCUT2D eigenvalue weighted by molar-refractivity contribution is 6.07. The third-order valence-corrected chi connectivity index (χ3v) is 15.7. The van der Waals surface area contributed by atoms with Crippen molar-refractivity contribution in [3.8, 4) is 113 Å². The minimum atomic E-state index is 0.635. The Morgan fingerprint density at radius 1 is 0.163 bits per heavy atom. The molecule has 0 radical (unpaired) electrons. The van der Waals surface area contributed by atoms with Crippen LogP contribution in [0.1, 0.15) is 0 Å². The highest BCUT2D eigenvalue weighted by atomic mass is 16.3. The van der Waals surface area contributed by atoms with Crippen LogP contribution in [-0.2, 0) is 0 Å². The first kappa shape index (κ1) is 51.2. The predicted molar refractivity (Wildman–Crippen MR) is 351 cm³/mol. The second-order valence-electron chi connectivity index (χ2n) is 21.2. The summed E-state index contributed by atoms with van der Waals surface area (Å²) in [6.07, 6.45) is 0. The monoisotopic (exact) mass is 1100 g/mol. The van der Waals surface area contributed by atoms with Gasteiger partial charge in [0.2, 0.25) is 0 Å². The highest BCUT2D eigenvalue weighted by Gasteiger charge is 2.16. The number of para-hydroxylation sites is 2. The van der Waals surface area contributed by atoms with E-state index in [0.717, 1.165) is 116 Å². The molecule has 0 unspecified atom stereocenters. The summed E-state index contributed by atoms with van der Waals surface area (Å²) in [5.41, 5.74) is 20.4. The van der Waals surface area contributed by atoms with E-state index in [2.05, 4.69) is 212 Å². The number of aromatic nitrogens is 5. The van der Waals surface area contributed by atoms with E-state index in [1.165, 1.54) is 16.7 Å². The second-order valence-corrected chi connectivity index (χ2v) is 21.2. The zero-order valence-corrected chi connectivity index (χ0v) is 46.5. The first-order valence-corrected chi connectivity index (χ1v) is 28.7. The largest absolute Gasteiger partial charge is 0.456 e. The van der Waals surface area contributed by atoms with Crippen molar-refractivity contribution in [1.82, 2.24) is 24.9 Å². The summed E-state index contributed by atoms with van der Waals surface area (Å²) >= 11 is 0. The molecule has 86 heavy (non-hydrogen) atoms. The molecule has 0 amide bonds. The lowest BCUT2D eigenvalue weighted by molar-refractivity contribution is 0.668. The van der Waals surface area contributed by atoms with Gasteiger partial charge in [0.25, 0.3) is 0 Å². The molecule has 4 heterocycles. The van der Waals surface area contributed by atoms with E-state index in [1.54, 1.807) is 0 Å². The SMILES string of the molecule is c1ccc(-c2ccc(-c3cc(-c4ccccc4)nc(-c4ccc(-c5ccc6c(c5)oc5ccccc56)cc4)n3)cc2)cc1.c1ccc(-c2ccc(-c3nc(-c4ccccc4)nc(-c4ccc(-c5ccc6c(c5)oc5ccccc56)cc4)n3)cc2)cc1. The maximum absolute atomic E-state index is 6.13. The van der Waals surface area contributed by atoms with Crippen LogP contribution in [0.3, 0.4) is 0 Å². The van der Waals surface area contributed by atoms with Crippen LogP contribution in [0.25, 0.3) is 156 Å². The summed E-state index contributed by atoms with van der Waals surface area (Å²) in [5.74, 6) is 2.62. The van der Waals surface area contributed by atoms with Crippen LogP contribution in [0.5, 0.6) is 0 Å². The molecule has 4 aromatic heterocycles. The number of benzene rings is 12. The molecule has 0 bridgehead atoms. The zero-order chi connectivity index (χ0) is 57.2. The Morgan fingerprint density at radius 3 is 0.802 bits per heavy atom. The molecule has 0 N–H and O–H groups in total. The van der Waals surface area contributed by atoms with Crippen molar-refractivity contribution in [3.63, 3.8) is 0 Å². The topological polar surface area (TPSA) is 90.7 Å². The first-order valence-electron chi connectivity index (χ1n) is 28.7. The smallest absolute Gasteiger partial charge is 0.164 e. The summed E-state index contributed by atoms with van der Waals surface area (Å²) in [7, 11) is 0. The van der Waals surface area contributed by atoms with Crippen LogP contribution in [0, 0.1) is 0 Å². The maximum Gasteiger partial charge on any atom is 0.164 e. The van der Waals surface area contributed by atoms with Gasteiger partial charge in [0, 0.05) is 54.9 Å². The molecule has 16 rings (SSSR count). The number of fused-ring (bicyclic) bond motifs is 6. The molecule has 7 nitrogen and oxygen atoms in total. The van der Waals surface area contributed by atoms with Crippen LogP contribution in [-0.4, -0.2) is 24.9 Å². The molecule has 0 spiro atoms. The summed E-state index contributed by atoms with van der Waals surface area (Å²) in [6, 6.07) is 106. The molecule has 0 fully saturated rings. The maximum atomic E-state index is 6.13. The van der Waals surface area contributed by atoms with Gasteiger partial charge in [-0.05, 0) is 87.0 Å². The van der Waals surface area contributed by atoms with Crippen molar-refractivity contribution in [3.05, 3.63) is 309 Å². The molecular formula is C79H51N5O2. The number of hydrogen-bond acceptors (Lipinski definition) is 7. The van der Waals surface area contributed by atoms with Gasteiger partial charge in [-0.25, -0.2) is 24.9 Å². The van der Waals surface area contributed by atoms with Gasteiger partial charge in [-0.1, -0.05) is 267 Å². The van der Waals surface area contributed by atoms with Crippen molar-refractivity contribution in [2.75, 3.05) is 0 Å². The molecule has 0 aliphatic carbocycles. The number of nitrogens with zero attached hydrogens (tertiary/aromatic N) is 5. The van der Waals surface area contributed by atoms with Crippen molar-refractivity contribution < 1.29 is 8.83 Å². The van der Waals surface area contributed by atoms with Crippen LogP contribution in [0.2, 0.25) is 0 Å². The van der Waals surface area contributed by atoms with Gasteiger partial charge >= 0.3 is 0 Å². The number of rotatable bonds is 10. The molecule has 0 atom stereocenters. The highest BCUT2D eigenvalue weighted by Crippen LogP contribution is 2.37. The molecule has 12 aromatic carbocycles. The Balaban J connectivity index is 0.000000145. The third-order valence-electron chi connectivity index (χ3n) is 15.7. The molecule has 0 saturated heterocycles. The quantitative estimate of drug-likeness (QED) is 0.135. The Morgan fingerprint density at radius 2 is 0.407 bits per heavy atom. The van der Waals surface area contributed by atoms with E-state index in [0.29, 0.717) is 23.3 Å². The van der Waals surface area contributed by atoms with E-state index in [1.807, 2.05) is 97.1 Å². The molecule has 0 aliphatic heterocycles. The normalized spacial score (nSPS) is 11.3. The predicted octanol–water partition coefficient (Wildman–Crippen LogP) is 20.8. The average molecular weight is 1100 g/mol. The van der Waals surface area contributed by atoms with Gasteiger partial charge in [-0.3, -0.25) is 0 Å². The Kier molecular flexibility index (Phi) is 13.5. The molecule has 7 heteroatoms. The van der Waals surface area contributed by atoms with Crippen molar-refractivity contribution >= 4 is 43.9 Å². The van der Waals surface area contributed by atoms with Gasteiger partial charge in [-0.15, -0.1) is 0 Å². The van der Waals surface area contributed by atoms with Crippen molar-refractivity contribution in [1.29, 1.82) is 0 Å². The van der Waals surface area contributed by atoms with Gasteiger partial charge in [-0.2, -0.15) is 0 Å². The number of furan rings is 2. The van der Waals surface area contributed by atoms with Gasteiger partial charge in [0.15, 0.2) is 23.3 Å². The summed E-state index contributed by atoms with van der Waals surface area (Å²) in [6.45, 7) is 0. The lowest BCUT2D eigenvalue weighted by Gasteiger charge is -2.11. The number of hydrogen-bond donors (Lipinski definition) is 0. The standard InChI is InChI=1S/C40H26N2O.C39H25N3O/c1-3-9-27(10-4-1)28-15-19-31(20-16-28)37-26-36(30-11-5-2-6-12-30)41-40(42-37)32-21-17-29(18-22-32)33-23-24-35-34-13-7-8-14-38(34)43-39(35)25-33;1-3-9-26(10-4-1)27-15-19-30(20-16-27)38-40-37(29-11-5-2-6-12-29)41-39(42-38)31-21-17-28(18-22-31)32-23-24-34-33-13-7-8-14-35(33)43-36(34)25-32/h1-26H;1-25H. The van der Waals surface area contributed by atoms with Crippen LogP contribution >= 0.6 is 0 Å². The molecule has 0 aliphatic rings. The minimum absolute atomic E-state index is 0.635. The van der Waals surface area contributed by atoms with E-state index in [9.17, 15) is 0 Å². The van der Waals surface area contributed by atoms with Crippen molar-refractivity contribution in [2.24, 2.45) is 0 Å². The average Bonchev–Trinajstić information content (AvgIpc) is 4.24. The molecular weight excluding hydrogens is 1050 g/mol. The lowest BCUT2D eigenvalue weighted by atomic mass is 10.0.